The van der Waals surface area contributed by atoms with E-state index in [1.165, 1.54) is 36.7 Å². The van der Waals surface area contributed by atoms with E-state index in [1.54, 1.807) is 0 Å². The van der Waals surface area contributed by atoms with Gasteiger partial charge in [-0.2, -0.15) is 0 Å². The Morgan fingerprint density at radius 1 is 0.531 bits per heavy atom. The molecular formula is C29H17NOS. The average molecular weight is 428 g/mol. The highest BCUT2D eigenvalue weighted by Crippen LogP contribution is 2.42. The third-order valence-corrected chi connectivity index (χ3v) is 7.36. The van der Waals surface area contributed by atoms with Gasteiger partial charge in [0.1, 0.15) is 5.52 Å². The second-order valence-corrected chi connectivity index (χ2v) is 9.03. The summed E-state index contributed by atoms with van der Waals surface area (Å²) in [5.41, 5.74) is 5.21. The van der Waals surface area contributed by atoms with Gasteiger partial charge in [-0.3, -0.25) is 0 Å². The third kappa shape index (κ3) is 2.55. The van der Waals surface area contributed by atoms with Crippen molar-refractivity contribution in [3.63, 3.8) is 0 Å². The van der Waals surface area contributed by atoms with Crippen molar-refractivity contribution in [1.82, 2.24) is 4.98 Å². The van der Waals surface area contributed by atoms with Crippen molar-refractivity contribution < 1.29 is 4.42 Å². The molecule has 7 aromatic rings. The van der Waals surface area contributed by atoms with Crippen LogP contribution in [0.2, 0.25) is 0 Å². The maximum atomic E-state index is 6.11. The smallest absolute Gasteiger partial charge is 0.227 e. The van der Waals surface area contributed by atoms with E-state index in [-0.39, 0.29) is 0 Å². The molecule has 0 radical (unpaired) electrons. The molecular weight excluding hydrogens is 410 g/mol. The molecule has 0 unspecified atom stereocenters. The van der Waals surface area contributed by atoms with Crippen LogP contribution in [0.15, 0.2) is 108 Å². The molecule has 0 amide bonds. The Labute approximate surface area is 188 Å². The molecule has 0 atom stereocenters. The lowest BCUT2D eigenvalue weighted by molar-refractivity contribution is 0.620. The highest BCUT2D eigenvalue weighted by Gasteiger charge is 2.15. The summed E-state index contributed by atoms with van der Waals surface area (Å²) < 4.78 is 8.76. The summed E-state index contributed by atoms with van der Waals surface area (Å²) in [6.07, 6.45) is 0. The lowest BCUT2D eigenvalue weighted by Crippen LogP contribution is -1.85. The first kappa shape index (κ1) is 17.7. The summed E-state index contributed by atoms with van der Waals surface area (Å²) in [4.78, 5) is 4.75. The van der Waals surface area contributed by atoms with Crippen LogP contribution in [0.1, 0.15) is 0 Å². The zero-order chi connectivity index (χ0) is 21.1. The third-order valence-electron chi connectivity index (χ3n) is 6.14. The van der Waals surface area contributed by atoms with E-state index in [2.05, 4.69) is 78.9 Å². The molecule has 0 bridgehead atoms. The molecule has 0 saturated heterocycles. The van der Waals surface area contributed by atoms with Crippen molar-refractivity contribution in [3.05, 3.63) is 103 Å². The Morgan fingerprint density at radius 2 is 1.19 bits per heavy atom. The van der Waals surface area contributed by atoms with Crippen LogP contribution in [0.3, 0.4) is 0 Å². The highest BCUT2D eigenvalue weighted by molar-refractivity contribution is 7.26. The minimum atomic E-state index is 0.661. The number of aromatic nitrogens is 1. The van der Waals surface area contributed by atoms with Gasteiger partial charge in [0.05, 0.1) is 0 Å². The Balaban J connectivity index is 1.51. The fraction of sp³-hybridized carbons (Fsp3) is 0. The Bertz CT molecular complexity index is 1760. The first-order valence-corrected chi connectivity index (χ1v) is 11.5. The molecule has 32 heavy (non-hydrogen) atoms. The molecule has 2 aromatic heterocycles. The van der Waals surface area contributed by atoms with Gasteiger partial charge in [-0.25, -0.2) is 4.98 Å². The zero-order valence-electron chi connectivity index (χ0n) is 17.1. The number of nitrogens with zero attached hydrogens (tertiary/aromatic N) is 1. The van der Waals surface area contributed by atoms with Gasteiger partial charge in [0.2, 0.25) is 5.89 Å². The second-order valence-electron chi connectivity index (χ2n) is 7.97. The van der Waals surface area contributed by atoms with E-state index < -0.39 is 0 Å². The molecule has 2 nitrogen and oxygen atoms in total. The average Bonchev–Trinajstić information content (AvgIpc) is 3.45. The van der Waals surface area contributed by atoms with E-state index in [4.69, 9.17) is 9.40 Å². The van der Waals surface area contributed by atoms with Gasteiger partial charge in [0.15, 0.2) is 5.58 Å². The Hall–Kier alpha value is -3.95. The standard InChI is InChI=1S/C29H17NOS/c1-4-17-27-21(8-1)23-13-7-12-22(28(23)32-27)19-10-5-11-20-18(19)9-6-14-24(20)29-30-25-15-2-3-16-26(25)31-29/h1-17H. The molecule has 0 spiro atoms. The van der Waals surface area contributed by atoms with Gasteiger partial charge in [-0.15, -0.1) is 11.3 Å². The summed E-state index contributed by atoms with van der Waals surface area (Å²) in [6.45, 7) is 0. The molecule has 0 saturated carbocycles. The first-order chi connectivity index (χ1) is 15.9. The van der Waals surface area contributed by atoms with Crippen molar-refractivity contribution >= 4 is 53.4 Å². The number of hydrogen-bond donors (Lipinski definition) is 0. The molecule has 3 heteroatoms. The second kappa shape index (κ2) is 6.78. The minimum absolute atomic E-state index is 0.661. The number of thiophene rings is 1. The number of benzene rings is 5. The van der Waals surface area contributed by atoms with Crippen molar-refractivity contribution in [2.45, 2.75) is 0 Å². The largest absolute Gasteiger partial charge is 0.436 e. The normalized spacial score (nSPS) is 11.8. The monoisotopic (exact) mass is 427 g/mol. The molecule has 2 heterocycles. The van der Waals surface area contributed by atoms with E-state index >= 15 is 0 Å². The van der Waals surface area contributed by atoms with Crippen LogP contribution in [-0.4, -0.2) is 4.98 Å². The minimum Gasteiger partial charge on any atom is -0.436 e. The summed E-state index contributed by atoms with van der Waals surface area (Å²) >= 11 is 1.86. The SMILES string of the molecule is c1ccc2oc(-c3cccc4c(-c5cccc6c5sc5ccccc56)cccc34)nc2c1. The van der Waals surface area contributed by atoms with E-state index in [1.807, 2.05) is 35.6 Å². The van der Waals surface area contributed by atoms with Gasteiger partial charge in [-0.1, -0.05) is 78.9 Å². The predicted molar refractivity (Wildman–Crippen MR) is 135 cm³/mol. The lowest BCUT2D eigenvalue weighted by atomic mass is 9.94. The quantitative estimate of drug-likeness (QED) is 0.276. The zero-order valence-corrected chi connectivity index (χ0v) is 17.9. The number of para-hydroxylation sites is 2. The summed E-state index contributed by atoms with van der Waals surface area (Å²) in [5.74, 6) is 0.661. The molecule has 0 aliphatic rings. The van der Waals surface area contributed by atoms with Gasteiger partial charge in [0, 0.05) is 31.3 Å². The van der Waals surface area contributed by atoms with Gasteiger partial charge in [0.25, 0.3) is 0 Å². The van der Waals surface area contributed by atoms with Crippen LogP contribution >= 0.6 is 11.3 Å². The Kier molecular flexibility index (Phi) is 3.75. The van der Waals surface area contributed by atoms with Crippen molar-refractivity contribution in [2.75, 3.05) is 0 Å². The maximum absolute atomic E-state index is 6.11. The van der Waals surface area contributed by atoms with Crippen LogP contribution in [0.4, 0.5) is 0 Å². The molecule has 0 aliphatic heterocycles. The number of hydrogen-bond acceptors (Lipinski definition) is 3. The van der Waals surface area contributed by atoms with Gasteiger partial charge < -0.3 is 4.42 Å². The molecule has 150 valence electrons. The summed E-state index contributed by atoms with van der Waals surface area (Å²) in [6, 6.07) is 36.1. The predicted octanol–water partition coefficient (Wildman–Crippen LogP) is 8.68. The van der Waals surface area contributed by atoms with Crippen LogP contribution in [0, 0.1) is 0 Å². The van der Waals surface area contributed by atoms with Crippen LogP contribution < -0.4 is 0 Å². The van der Waals surface area contributed by atoms with Gasteiger partial charge >= 0.3 is 0 Å². The highest BCUT2D eigenvalue weighted by atomic mass is 32.1. The van der Waals surface area contributed by atoms with E-state index in [0.717, 1.165) is 22.0 Å². The van der Waals surface area contributed by atoms with Crippen LogP contribution in [0.5, 0.6) is 0 Å². The van der Waals surface area contributed by atoms with Crippen LogP contribution in [0.25, 0.3) is 64.6 Å². The number of fused-ring (bicyclic) bond motifs is 5. The molecule has 0 N–H and O–H groups in total. The van der Waals surface area contributed by atoms with Crippen LogP contribution in [-0.2, 0) is 0 Å². The molecule has 0 aliphatic carbocycles. The molecule has 7 rings (SSSR count). The van der Waals surface area contributed by atoms with Gasteiger partial charge in [-0.05, 0) is 40.6 Å². The topological polar surface area (TPSA) is 26.0 Å². The summed E-state index contributed by atoms with van der Waals surface area (Å²) in [5, 5.41) is 4.99. The summed E-state index contributed by atoms with van der Waals surface area (Å²) in [7, 11) is 0. The van der Waals surface area contributed by atoms with E-state index in [9.17, 15) is 0 Å². The van der Waals surface area contributed by atoms with Crippen molar-refractivity contribution in [1.29, 1.82) is 0 Å². The van der Waals surface area contributed by atoms with E-state index in [0.29, 0.717) is 5.89 Å². The Morgan fingerprint density at radius 3 is 2.06 bits per heavy atom. The fourth-order valence-corrected chi connectivity index (χ4v) is 5.91. The maximum Gasteiger partial charge on any atom is 0.227 e. The van der Waals surface area contributed by atoms with Crippen molar-refractivity contribution in [3.8, 4) is 22.6 Å². The first-order valence-electron chi connectivity index (χ1n) is 10.7. The number of rotatable bonds is 2. The molecule has 0 fully saturated rings. The number of oxazole rings is 1. The lowest BCUT2D eigenvalue weighted by Gasteiger charge is -2.10. The molecule has 5 aromatic carbocycles. The fourth-order valence-electron chi connectivity index (χ4n) is 4.68. The van der Waals surface area contributed by atoms with Crippen molar-refractivity contribution in [2.24, 2.45) is 0 Å².